The number of hydrogen-bond acceptors (Lipinski definition) is 1. The standard InChI is InChI=1S/C26H27FO/c1-3-7-21-12-13-25(18-26(21)27)24-15-14-22-16-20(10-11-23(22)17-24)9-6-4-5-8-19(2)28/h3,6,9-19,28H,1,4-5,7-8H2,2H3. The van der Waals surface area contributed by atoms with Gasteiger partial charge in [-0.1, -0.05) is 54.6 Å². The summed E-state index contributed by atoms with van der Waals surface area (Å²) < 4.78 is 14.2. The Morgan fingerprint density at radius 3 is 2.46 bits per heavy atom. The van der Waals surface area contributed by atoms with Crippen LogP contribution in [-0.2, 0) is 6.42 Å². The molecule has 0 bridgehead atoms. The van der Waals surface area contributed by atoms with E-state index in [2.05, 4.69) is 49.1 Å². The third kappa shape index (κ3) is 5.17. The van der Waals surface area contributed by atoms with Gasteiger partial charge in [-0.2, -0.15) is 0 Å². The van der Waals surface area contributed by atoms with E-state index in [9.17, 15) is 9.50 Å². The van der Waals surface area contributed by atoms with Crippen LogP contribution in [0.25, 0.3) is 28.0 Å². The Balaban J connectivity index is 1.76. The third-order valence-corrected chi connectivity index (χ3v) is 4.92. The highest BCUT2D eigenvalue weighted by atomic mass is 19.1. The van der Waals surface area contributed by atoms with Crippen molar-refractivity contribution in [3.8, 4) is 11.1 Å². The largest absolute Gasteiger partial charge is 0.393 e. The number of aliphatic hydroxyl groups is 1. The lowest BCUT2D eigenvalue weighted by molar-refractivity contribution is 0.182. The van der Waals surface area contributed by atoms with Gasteiger partial charge in [0.05, 0.1) is 6.10 Å². The van der Waals surface area contributed by atoms with Crippen LogP contribution in [0, 0.1) is 5.82 Å². The van der Waals surface area contributed by atoms with Crippen molar-refractivity contribution in [1.82, 2.24) is 0 Å². The molecular formula is C26H27FO. The van der Waals surface area contributed by atoms with E-state index >= 15 is 0 Å². The first kappa shape index (κ1) is 20.0. The summed E-state index contributed by atoms with van der Waals surface area (Å²) in [6.07, 6.45) is 9.11. The molecule has 0 amide bonds. The number of fused-ring (bicyclic) bond motifs is 1. The lowest BCUT2D eigenvalue weighted by Gasteiger charge is -2.07. The number of halogens is 1. The second kappa shape index (κ2) is 9.48. The van der Waals surface area contributed by atoms with E-state index in [-0.39, 0.29) is 11.9 Å². The van der Waals surface area contributed by atoms with Crippen LogP contribution in [-0.4, -0.2) is 11.2 Å². The van der Waals surface area contributed by atoms with Crippen molar-refractivity contribution in [3.63, 3.8) is 0 Å². The van der Waals surface area contributed by atoms with E-state index in [0.29, 0.717) is 12.0 Å². The molecule has 1 N–H and O–H groups in total. The molecule has 3 aromatic carbocycles. The first-order valence-electron chi connectivity index (χ1n) is 9.85. The van der Waals surface area contributed by atoms with E-state index in [1.807, 2.05) is 25.1 Å². The highest BCUT2D eigenvalue weighted by Crippen LogP contribution is 2.27. The normalized spacial score (nSPS) is 12.5. The molecule has 3 aromatic rings. The number of hydrogen-bond donors (Lipinski definition) is 1. The van der Waals surface area contributed by atoms with Crippen LogP contribution in [0.5, 0.6) is 0 Å². The third-order valence-electron chi connectivity index (χ3n) is 4.92. The Morgan fingerprint density at radius 2 is 1.71 bits per heavy atom. The van der Waals surface area contributed by atoms with Crippen molar-refractivity contribution >= 4 is 16.8 Å². The first-order chi connectivity index (χ1) is 13.6. The molecule has 0 heterocycles. The van der Waals surface area contributed by atoms with Gasteiger partial charge in [0.1, 0.15) is 5.82 Å². The molecule has 1 unspecified atom stereocenters. The fourth-order valence-corrected chi connectivity index (χ4v) is 3.35. The van der Waals surface area contributed by atoms with E-state index in [4.69, 9.17) is 0 Å². The van der Waals surface area contributed by atoms with Gasteiger partial charge in [0, 0.05) is 0 Å². The van der Waals surface area contributed by atoms with Gasteiger partial charge in [-0.05, 0) is 83.8 Å². The predicted octanol–water partition coefficient (Wildman–Crippen LogP) is 6.94. The summed E-state index contributed by atoms with van der Waals surface area (Å²) in [4.78, 5) is 0. The van der Waals surface area contributed by atoms with Gasteiger partial charge in [0.2, 0.25) is 0 Å². The zero-order valence-electron chi connectivity index (χ0n) is 16.4. The lowest BCUT2D eigenvalue weighted by Crippen LogP contribution is -1.97. The number of unbranched alkanes of at least 4 members (excludes halogenated alkanes) is 1. The summed E-state index contributed by atoms with van der Waals surface area (Å²) in [5, 5.41) is 11.6. The Hall–Kier alpha value is -2.71. The molecule has 0 aliphatic heterocycles. The number of benzene rings is 3. The molecular weight excluding hydrogens is 347 g/mol. The lowest BCUT2D eigenvalue weighted by atomic mass is 9.98. The molecule has 2 heteroatoms. The summed E-state index contributed by atoms with van der Waals surface area (Å²) >= 11 is 0. The molecule has 1 nitrogen and oxygen atoms in total. The van der Waals surface area contributed by atoms with Crippen molar-refractivity contribution in [2.75, 3.05) is 0 Å². The molecule has 28 heavy (non-hydrogen) atoms. The van der Waals surface area contributed by atoms with Gasteiger partial charge >= 0.3 is 0 Å². The van der Waals surface area contributed by atoms with Crippen LogP contribution in [0.3, 0.4) is 0 Å². The second-order valence-electron chi connectivity index (χ2n) is 7.30. The molecule has 144 valence electrons. The van der Waals surface area contributed by atoms with E-state index in [1.165, 1.54) is 5.39 Å². The molecule has 0 spiro atoms. The van der Waals surface area contributed by atoms with Gasteiger partial charge in [-0.3, -0.25) is 0 Å². The molecule has 0 radical (unpaired) electrons. The smallest absolute Gasteiger partial charge is 0.127 e. The fraction of sp³-hybridized carbons (Fsp3) is 0.231. The van der Waals surface area contributed by atoms with Crippen molar-refractivity contribution in [3.05, 3.63) is 90.3 Å². The molecule has 0 fully saturated rings. The average Bonchev–Trinajstić information content (AvgIpc) is 2.68. The van der Waals surface area contributed by atoms with Crippen LogP contribution in [0.1, 0.15) is 37.3 Å². The highest BCUT2D eigenvalue weighted by Gasteiger charge is 2.05. The summed E-state index contributed by atoms with van der Waals surface area (Å²) in [5.74, 6) is -0.187. The molecule has 3 rings (SSSR count). The maximum Gasteiger partial charge on any atom is 0.127 e. The molecule has 1 atom stereocenters. The quantitative estimate of drug-likeness (QED) is 0.334. The maximum atomic E-state index is 14.2. The van der Waals surface area contributed by atoms with E-state index < -0.39 is 0 Å². The zero-order chi connectivity index (χ0) is 19.9. The van der Waals surface area contributed by atoms with Gasteiger partial charge in [-0.25, -0.2) is 4.39 Å². The maximum absolute atomic E-state index is 14.2. The van der Waals surface area contributed by atoms with Crippen molar-refractivity contribution in [2.45, 2.75) is 38.7 Å². The van der Waals surface area contributed by atoms with Crippen molar-refractivity contribution in [1.29, 1.82) is 0 Å². The van der Waals surface area contributed by atoms with Crippen LogP contribution in [0.2, 0.25) is 0 Å². The summed E-state index contributed by atoms with van der Waals surface area (Å²) in [5.41, 5.74) is 3.73. The summed E-state index contributed by atoms with van der Waals surface area (Å²) in [7, 11) is 0. The number of allylic oxidation sites excluding steroid dienone is 2. The van der Waals surface area contributed by atoms with Crippen LogP contribution in [0.4, 0.5) is 4.39 Å². The Bertz CT molecular complexity index is 985. The average molecular weight is 374 g/mol. The second-order valence-corrected chi connectivity index (χ2v) is 7.30. The summed E-state index contributed by atoms with van der Waals surface area (Å²) in [6.45, 7) is 5.50. The minimum absolute atomic E-state index is 0.187. The molecule has 0 saturated heterocycles. The highest BCUT2D eigenvalue weighted by molar-refractivity contribution is 5.89. The minimum Gasteiger partial charge on any atom is -0.393 e. The van der Waals surface area contributed by atoms with Crippen LogP contribution in [0.15, 0.2) is 73.3 Å². The molecule has 0 aliphatic carbocycles. The fourth-order valence-electron chi connectivity index (χ4n) is 3.35. The zero-order valence-corrected chi connectivity index (χ0v) is 16.4. The van der Waals surface area contributed by atoms with Gasteiger partial charge < -0.3 is 5.11 Å². The predicted molar refractivity (Wildman–Crippen MR) is 118 cm³/mol. The van der Waals surface area contributed by atoms with Crippen molar-refractivity contribution < 1.29 is 9.50 Å². The Morgan fingerprint density at radius 1 is 1.00 bits per heavy atom. The Labute approximate surface area is 166 Å². The monoisotopic (exact) mass is 374 g/mol. The SMILES string of the molecule is C=CCc1ccc(-c2ccc3cc(C=CCCCC(C)O)ccc3c2)cc1F. The molecule has 0 saturated carbocycles. The van der Waals surface area contributed by atoms with Crippen molar-refractivity contribution in [2.24, 2.45) is 0 Å². The Kier molecular flexibility index (Phi) is 6.78. The van der Waals surface area contributed by atoms with Gasteiger partial charge in [0.25, 0.3) is 0 Å². The van der Waals surface area contributed by atoms with E-state index in [1.54, 1.807) is 12.1 Å². The molecule has 0 aliphatic rings. The van der Waals surface area contributed by atoms with E-state index in [0.717, 1.165) is 41.3 Å². The first-order valence-corrected chi connectivity index (χ1v) is 9.85. The topological polar surface area (TPSA) is 20.2 Å². The number of rotatable bonds is 8. The van der Waals surface area contributed by atoms with Gasteiger partial charge in [0.15, 0.2) is 0 Å². The van der Waals surface area contributed by atoms with Crippen LogP contribution >= 0.6 is 0 Å². The molecule has 0 aromatic heterocycles. The van der Waals surface area contributed by atoms with Gasteiger partial charge in [-0.15, -0.1) is 6.58 Å². The number of aliphatic hydroxyl groups excluding tert-OH is 1. The summed E-state index contributed by atoms with van der Waals surface area (Å²) in [6, 6.07) is 18.0. The minimum atomic E-state index is -0.227. The van der Waals surface area contributed by atoms with Crippen LogP contribution < -0.4 is 0 Å².